The Morgan fingerprint density at radius 3 is 2.81 bits per heavy atom. The van der Waals surface area contributed by atoms with Crippen molar-refractivity contribution in [3.05, 3.63) is 29.3 Å². The molecule has 2 unspecified atom stereocenters. The van der Waals surface area contributed by atoms with E-state index in [0.29, 0.717) is 12.1 Å². The van der Waals surface area contributed by atoms with Gasteiger partial charge in [0.15, 0.2) is 0 Å². The van der Waals surface area contributed by atoms with Gasteiger partial charge in [0, 0.05) is 31.6 Å². The smallest absolute Gasteiger partial charge is 0.122 e. The van der Waals surface area contributed by atoms with Crippen LogP contribution in [-0.4, -0.2) is 37.7 Å². The molecule has 1 aliphatic rings. The fourth-order valence-corrected chi connectivity index (χ4v) is 2.87. The van der Waals surface area contributed by atoms with E-state index in [0.717, 1.165) is 38.3 Å². The Balaban J connectivity index is 1.88. The molecule has 118 valence electrons. The molecule has 0 fully saturated rings. The monoisotopic (exact) mass is 290 g/mol. The minimum atomic E-state index is 0.446. The topological polar surface area (TPSA) is 24.5 Å². The maximum Gasteiger partial charge on any atom is 0.122 e. The number of rotatable bonds is 8. The summed E-state index contributed by atoms with van der Waals surface area (Å²) >= 11 is 0. The lowest BCUT2D eigenvalue weighted by atomic mass is 10.0. The lowest BCUT2D eigenvalue weighted by Gasteiger charge is -2.25. The quantitative estimate of drug-likeness (QED) is 0.794. The van der Waals surface area contributed by atoms with Crippen LogP contribution < -0.4 is 10.1 Å². The van der Waals surface area contributed by atoms with Crippen LogP contribution >= 0.6 is 0 Å². The summed E-state index contributed by atoms with van der Waals surface area (Å²) in [5, 5.41) is 3.70. The molecule has 0 spiro atoms. The van der Waals surface area contributed by atoms with Crippen LogP contribution in [0.3, 0.4) is 0 Å². The van der Waals surface area contributed by atoms with Crippen LogP contribution in [0.1, 0.15) is 50.8 Å². The zero-order chi connectivity index (χ0) is 15.2. The molecule has 0 radical (unpaired) electrons. The highest BCUT2D eigenvalue weighted by molar-refractivity contribution is 5.40. The third kappa shape index (κ3) is 4.21. The molecular formula is C18H30N2O. The summed E-state index contributed by atoms with van der Waals surface area (Å²) in [6, 6.07) is 7.77. The number of fused-ring (bicyclic) bond motifs is 1. The third-order valence-electron chi connectivity index (χ3n) is 4.72. The van der Waals surface area contributed by atoms with Gasteiger partial charge in [-0.1, -0.05) is 26.0 Å². The fraction of sp³-hybridized carbons (Fsp3) is 0.667. The summed E-state index contributed by atoms with van der Waals surface area (Å²) in [5.74, 6) is 1.07. The van der Waals surface area contributed by atoms with Crippen molar-refractivity contribution in [1.29, 1.82) is 0 Å². The second-order valence-electron chi connectivity index (χ2n) is 6.12. The first-order chi connectivity index (χ1) is 10.2. The lowest BCUT2D eigenvalue weighted by Crippen LogP contribution is -2.36. The standard InChI is InChI=1S/C18H30N2O/c1-5-14(3)20(4)11-10-19-17(6-2)15-7-8-18-16(13-15)9-12-21-18/h7-8,13-14,17,19H,5-6,9-12H2,1-4H3. The zero-order valence-corrected chi connectivity index (χ0v) is 14.0. The maximum atomic E-state index is 5.59. The molecule has 0 saturated carbocycles. The van der Waals surface area contributed by atoms with Gasteiger partial charge in [-0.05, 0) is 44.0 Å². The molecule has 2 rings (SSSR count). The molecule has 21 heavy (non-hydrogen) atoms. The van der Waals surface area contributed by atoms with Crippen LogP contribution in [0.25, 0.3) is 0 Å². The lowest BCUT2D eigenvalue weighted by molar-refractivity contribution is 0.248. The van der Waals surface area contributed by atoms with Gasteiger partial charge in [-0.15, -0.1) is 0 Å². The van der Waals surface area contributed by atoms with E-state index >= 15 is 0 Å². The fourth-order valence-electron chi connectivity index (χ4n) is 2.87. The Labute approximate surface area is 129 Å². The Morgan fingerprint density at radius 2 is 2.10 bits per heavy atom. The Hall–Kier alpha value is -1.06. The number of likely N-dealkylation sites (N-methyl/N-ethyl adjacent to an activating group) is 1. The minimum Gasteiger partial charge on any atom is -0.493 e. The highest BCUT2D eigenvalue weighted by Crippen LogP contribution is 2.29. The van der Waals surface area contributed by atoms with Crippen molar-refractivity contribution >= 4 is 0 Å². The van der Waals surface area contributed by atoms with Gasteiger partial charge in [-0.3, -0.25) is 0 Å². The summed E-state index contributed by atoms with van der Waals surface area (Å²) in [6.45, 7) is 9.75. The maximum absolute atomic E-state index is 5.59. The van der Waals surface area contributed by atoms with Crippen molar-refractivity contribution in [1.82, 2.24) is 10.2 Å². The second kappa shape index (κ2) is 7.81. The molecule has 1 aromatic carbocycles. The van der Waals surface area contributed by atoms with Gasteiger partial charge >= 0.3 is 0 Å². The average Bonchev–Trinajstić information content (AvgIpc) is 2.97. The van der Waals surface area contributed by atoms with Gasteiger partial charge in [-0.2, -0.15) is 0 Å². The molecule has 0 saturated heterocycles. The van der Waals surface area contributed by atoms with Gasteiger partial charge in [0.1, 0.15) is 5.75 Å². The van der Waals surface area contributed by atoms with Crippen molar-refractivity contribution in [3.8, 4) is 5.75 Å². The number of nitrogens with zero attached hydrogens (tertiary/aromatic N) is 1. The van der Waals surface area contributed by atoms with Gasteiger partial charge in [0.05, 0.1) is 6.61 Å². The molecule has 1 aromatic rings. The van der Waals surface area contributed by atoms with Crippen LogP contribution in [0.5, 0.6) is 5.75 Å². The molecule has 3 nitrogen and oxygen atoms in total. The molecule has 1 aliphatic heterocycles. The normalized spacial score (nSPS) is 16.6. The van der Waals surface area contributed by atoms with E-state index in [4.69, 9.17) is 4.74 Å². The van der Waals surface area contributed by atoms with E-state index < -0.39 is 0 Å². The first-order valence-corrected chi connectivity index (χ1v) is 8.34. The number of hydrogen-bond donors (Lipinski definition) is 1. The predicted octanol–water partition coefficient (Wildman–Crippen LogP) is 3.39. The van der Waals surface area contributed by atoms with Crippen molar-refractivity contribution < 1.29 is 4.74 Å². The third-order valence-corrected chi connectivity index (χ3v) is 4.72. The zero-order valence-electron chi connectivity index (χ0n) is 14.0. The Bertz CT molecular complexity index is 447. The number of benzene rings is 1. The van der Waals surface area contributed by atoms with Gasteiger partial charge in [0.25, 0.3) is 0 Å². The predicted molar refractivity (Wildman–Crippen MR) is 89.1 cm³/mol. The average molecular weight is 290 g/mol. The molecule has 1 heterocycles. The van der Waals surface area contributed by atoms with Crippen molar-refractivity contribution in [2.24, 2.45) is 0 Å². The van der Waals surface area contributed by atoms with Gasteiger partial charge in [0.2, 0.25) is 0 Å². The van der Waals surface area contributed by atoms with E-state index in [-0.39, 0.29) is 0 Å². The van der Waals surface area contributed by atoms with E-state index in [1.54, 1.807) is 0 Å². The van der Waals surface area contributed by atoms with Gasteiger partial charge < -0.3 is 15.0 Å². The van der Waals surface area contributed by atoms with E-state index in [1.807, 2.05) is 0 Å². The largest absolute Gasteiger partial charge is 0.493 e. The molecule has 0 bridgehead atoms. The Kier molecular flexibility index (Phi) is 6.07. The number of nitrogens with one attached hydrogen (secondary N) is 1. The molecule has 2 atom stereocenters. The highest BCUT2D eigenvalue weighted by Gasteiger charge is 2.16. The van der Waals surface area contributed by atoms with E-state index in [9.17, 15) is 0 Å². The Morgan fingerprint density at radius 1 is 1.29 bits per heavy atom. The molecule has 0 aromatic heterocycles. The van der Waals surface area contributed by atoms with Crippen LogP contribution in [0.4, 0.5) is 0 Å². The van der Waals surface area contributed by atoms with Crippen LogP contribution in [0.15, 0.2) is 18.2 Å². The summed E-state index contributed by atoms with van der Waals surface area (Å²) < 4.78 is 5.59. The first kappa shape index (κ1) is 16.3. The molecular weight excluding hydrogens is 260 g/mol. The van der Waals surface area contributed by atoms with Crippen molar-refractivity contribution in [3.63, 3.8) is 0 Å². The van der Waals surface area contributed by atoms with Crippen molar-refractivity contribution in [2.75, 3.05) is 26.7 Å². The van der Waals surface area contributed by atoms with E-state index in [2.05, 4.69) is 56.2 Å². The molecule has 3 heteroatoms. The van der Waals surface area contributed by atoms with Crippen LogP contribution in [-0.2, 0) is 6.42 Å². The van der Waals surface area contributed by atoms with Gasteiger partial charge in [-0.25, -0.2) is 0 Å². The summed E-state index contributed by atoms with van der Waals surface area (Å²) in [6.07, 6.45) is 3.38. The molecule has 0 aliphatic carbocycles. The second-order valence-corrected chi connectivity index (χ2v) is 6.12. The van der Waals surface area contributed by atoms with E-state index in [1.165, 1.54) is 17.5 Å². The minimum absolute atomic E-state index is 0.446. The summed E-state index contributed by atoms with van der Waals surface area (Å²) in [7, 11) is 2.21. The highest BCUT2D eigenvalue weighted by atomic mass is 16.5. The number of ether oxygens (including phenoxy) is 1. The summed E-state index contributed by atoms with van der Waals surface area (Å²) in [4.78, 5) is 2.43. The summed E-state index contributed by atoms with van der Waals surface area (Å²) in [5.41, 5.74) is 2.76. The first-order valence-electron chi connectivity index (χ1n) is 8.34. The molecule has 1 N–H and O–H groups in total. The van der Waals surface area contributed by atoms with Crippen molar-refractivity contribution in [2.45, 2.75) is 52.1 Å². The number of hydrogen-bond acceptors (Lipinski definition) is 3. The van der Waals surface area contributed by atoms with Crippen LogP contribution in [0.2, 0.25) is 0 Å². The van der Waals surface area contributed by atoms with Crippen LogP contribution in [0, 0.1) is 0 Å². The SMILES string of the molecule is CCC(NCCN(C)C(C)CC)c1ccc2c(c1)CCO2. The molecule has 0 amide bonds.